The normalized spacial score (nSPS) is 16.3. The molecule has 0 aliphatic carbocycles. The van der Waals surface area contributed by atoms with Crippen LogP contribution >= 0.6 is 0 Å². The van der Waals surface area contributed by atoms with Gasteiger partial charge in [0.2, 0.25) is 0 Å². The highest BCUT2D eigenvalue weighted by Crippen LogP contribution is 2.54. The van der Waals surface area contributed by atoms with Crippen LogP contribution in [0.25, 0.3) is 0 Å². The topological polar surface area (TPSA) is 95.2 Å². The zero-order valence-corrected chi connectivity index (χ0v) is 19.3. The van der Waals surface area contributed by atoms with Gasteiger partial charge in [0.05, 0.1) is 5.56 Å². The highest BCUT2D eigenvalue weighted by atomic mass is 19.4. The summed E-state index contributed by atoms with van der Waals surface area (Å²) in [6.45, 7) is -1.29. The maximum atomic E-state index is 13.8. The van der Waals surface area contributed by atoms with Crippen molar-refractivity contribution in [3.05, 3.63) is 82.5 Å². The molecule has 0 fully saturated rings. The van der Waals surface area contributed by atoms with Crippen molar-refractivity contribution in [1.29, 1.82) is 0 Å². The molecule has 2 aliphatic heterocycles. The van der Waals surface area contributed by atoms with E-state index in [1.54, 1.807) is 18.2 Å². The Morgan fingerprint density at radius 2 is 1.74 bits per heavy atom. The van der Waals surface area contributed by atoms with Crippen LogP contribution in [-0.2, 0) is 18.5 Å². The minimum atomic E-state index is -5.59. The van der Waals surface area contributed by atoms with E-state index in [-0.39, 0.29) is 41.6 Å². The zero-order valence-electron chi connectivity index (χ0n) is 19.3. The first-order chi connectivity index (χ1) is 17.9. The number of amides is 2. The van der Waals surface area contributed by atoms with Crippen LogP contribution in [0.5, 0.6) is 0 Å². The zero-order chi connectivity index (χ0) is 27.3. The van der Waals surface area contributed by atoms with Gasteiger partial charge in [-0.25, -0.2) is 4.98 Å². The molecule has 0 atom stereocenters. The van der Waals surface area contributed by atoms with Crippen molar-refractivity contribution in [1.82, 2.24) is 15.6 Å². The molecule has 5 rings (SSSR count). The number of nitrogens with zero attached hydrogens (tertiary/aromatic N) is 1. The fourth-order valence-corrected chi connectivity index (χ4v) is 4.77. The number of halogens is 6. The Morgan fingerprint density at radius 1 is 0.974 bits per heavy atom. The second-order valence-electron chi connectivity index (χ2n) is 8.87. The van der Waals surface area contributed by atoms with E-state index in [1.807, 2.05) is 0 Å². The fourth-order valence-electron chi connectivity index (χ4n) is 4.77. The molecular weight excluding hydrogens is 516 g/mol. The molecule has 0 saturated carbocycles. The van der Waals surface area contributed by atoms with Crippen molar-refractivity contribution in [2.24, 2.45) is 0 Å². The van der Waals surface area contributed by atoms with E-state index < -0.39 is 35.8 Å². The van der Waals surface area contributed by atoms with Gasteiger partial charge in [-0.3, -0.25) is 9.59 Å². The van der Waals surface area contributed by atoms with Crippen molar-refractivity contribution >= 4 is 29.0 Å². The van der Waals surface area contributed by atoms with Gasteiger partial charge < -0.3 is 21.3 Å². The Morgan fingerprint density at radius 3 is 2.47 bits per heavy atom. The van der Waals surface area contributed by atoms with E-state index in [4.69, 9.17) is 0 Å². The fraction of sp³-hybridized carbons (Fsp3) is 0.240. The predicted octanol–water partition coefficient (Wildman–Crippen LogP) is 4.79. The minimum absolute atomic E-state index is 0.0147. The molecule has 0 unspecified atom stereocenters. The predicted molar refractivity (Wildman–Crippen MR) is 125 cm³/mol. The van der Waals surface area contributed by atoms with E-state index in [0.29, 0.717) is 16.8 Å². The van der Waals surface area contributed by atoms with E-state index in [1.165, 1.54) is 18.3 Å². The van der Waals surface area contributed by atoms with E-state index in [0.717, 1.165) is 18.2 Å². The minimum Gasteiger partial charge on any atom is -0.348 e. The van der Waals surface area contributed by atoms with Gasteiger partial charge in [0.15, 0.2) is 5.41 Å². The highest BCUT2D eigenvalue weighted by molar-refractivity contribution is 6.08. The molecule has 1 aromatic heterocycles. The molecule has 0 bridgehead atoms. The maximum absolute atomic E-state index is 13.8. The van der Waals surface area contributed by atoms with Crippen LogP contribution in [0.4, 0.5) is 43.5 Å². The van der Waals surface area contributed by atoms with Crippen molar-refractivity contribution in [3.63, 3.8) is 0 Å². The van der Waals surface area contributed by atoms with Crippen LogP contribution in [0.1, 0.15) is 37.4 Å². The van der Waals surface area contributed by atoms with Crippen LogP contribution in [0.2, 0.25) is 0 Å². The molecule has 38 heavy (non-hydrogen) atoms. The van der Waals surface area contributed by atoms with Gasteiger partial charge in [-0.15, -0.1) is 0 Å². The molecule has 0 spiro atoms. The largest absolute Gasteiger partial charge is 0.408 e. The number of rotatable bonds is 4. The Kier molecular flexibility index (Phi) is 6.05. The number of hydrogen-bond acceptors (Lipinski definition) is 5. The van der Waals surface area contributed by atoms with Crippen molar-refractivity contribution in [2.75, 3.05) is 17.2 Å². The molecule has 3 aromatic rings. The smallest absolute Gasteiger partial charge is 0.348 e. The van der Waals surface area contributed by atoms with Gasteiger partial charge >= 0.3 is 12.4 Å². The van der Waals surface area contributed by atoms with Crippen molar-refractivity contribution in [3.8, 4) is 0 Å². The lowest BCUT2D eigenvalue weighted by Crippen LogP contribution is -2.61. The van der Waals surface area contributed by atoms with Crippen LogP contribution < -0.4 is 21.3 Å². The first kappa shape index (κ1) is 25.5. The summed E-state index contributed by atoms with van der Waals surface area (Å²) < 4.78 is 82.6. The maximum Gasteiger partial charge on any atom is 0.408 e. The Labute approximate surface area is 211 Å². The van der Waals surface area contributed by atoms with Crippen molar-refractivity contribution < 1.29 is 35.9 Å². The molecule has 4 N–H and O–H groups in total. The number of anilines is 3. The molecule has 2 aromatic carbocycles. The summed E-state index contributed by atoms with van der Waals surface area (Å²) in [5.41, 5.74) is -3.40. The Bertz CT molecular complexity index is 1420. The van der Waals surface area contributed by atoms with Crippen LogP contribution in [0.15, 0.2) is 54.7 Å². The number of alkyl halides is 6. The SMILES string of the molecule is O=C(Nc1ccc2c(c1)CNCC2(C(F)(F)F)C(F)(F)F)c1cccnc1Nc1cccc2c1CNC2=O. The standard InChI is InChI=1S/C25H19F6N5O2/c26-24(27,28)23(25(29,30)31)12-32-10-13-9-14(6-7-18(13)23)35-22(38)16-4-2-8-33-20(16)36-19-5-1-3-15-17(19)11-34-21(15)37/h1-9,32H,10-12H2,(H,33,36)(H,34,37)(H,35,38). The number of fused-ring (bicyclic) bond motifs is 2. The number of pyridine rings is 1. The number of hydrogen-bond donors (Lipinski definition) is 4. The Balaban J connectivity index is 1.43. The monoisotopic (exact) mass is 535 g/mol. The van der Waals surface area contributed by atoms with Gasteiger partial charge in [-0.05, 0) is 47.5 Å². The lowest BCUT2D eigenvalue weighted by atomic mass is 9.74. The lowest BCUT2D eigenvalue weighted by Gasteiger charge is -2.42. The molecule has 2 aliphatic rings. The molecule has 7 nitrogen and oxygen atoms in total. The second-order valence-corrected chi connectivity index (χ2v) is 8.87. The summed E-state index contributed by atoms with van der Waals surface area (Å²) in [4.78, 5) is 29.2. The average molecular weight is 535 g/mol. The van der Waals surface area contributed by atoms with Gasteiger partial charge in [0.25, 0.3) is 11.8 Å². The molecule has 3 heterocycles. The number of nitrogens with one attached hydrogen (secondary N) is 4. The van der Waals surface area contributed by atoms with Crippen molar-refractivity contribution in [2.45, 2.75) is 30.9 Å². The quantitative estimate of drug-likeness (QED) is 0.361. The average Bonchev–Trinajstić information content (AvgIpc) is 3.24. The Hall–Kier alpha value is -4.13. The van der Waals surface area contributed by atoms with Gasteiger partial charge in [-0.1, -0.05) is 12.1 Å². The molecule has 0 saturated heterocycles. The highest BCUT2D eigenvalue weighted by Gasteiger charge is 2.72. The van der Waals surface area contributed by atoms with E-state index >= 15 is 0 Å². The van der Waals surface area contributed by atoms with Crippen LogP contribution in [-0.4, -0.2) is 35.7 Å². The number of aromatic nitrogens is 1. The van der Waals surface area contributed by atoms with Gasteiger partial charge in [-0.2, -0.15) is 26.3 Å². The summed E-state index contributed by atoms with van der Waals surface area (Å²) >= 11 is 0. The lowest BCUT2D eigenvalue weighted by molar-refractivity contribution is -0.303. The molecular formula is C25H19F6N5O2. The van der Waals surface area contributed by atoms with E-state index in [9.17, 15) is 35.9 Å². The summed E-state index contributed by atoms with van der Waals surface area (Å²) in [7, 11) is 0. The number of carbonyl (C=O) groups excluding carboxylic acids is 2. The van der Waals surface area contributed by atoms with E-state index in [2.05, 4.69) is 26.3 Å². The first-order valence-corrected chi connectivity index (χ1v) is 11.3. The molecule has 0 radical (unpaired) electrons. The number of carbonyl (C=O) groups is 2. The second kappa shape index (κ2) is 9.01. The third kappa shape index (κ3) is 4.12. The third-order valence-corrected chi connectivity index (χ3v) is 6.65. The summed E-state index contributed by atoms with van der Waals surface area (Å²) in [6.07, 6.45) is -9.75. The van der Waals surface area contributed by atoms with Gasteiger partial charge in [0.1, 0.15) is 5.82 Å². The summed E-state index contributed by atoms with van der Waals surface area (Å²) in [5, 5.41) is 10.5. The van der Waals surface area contributed by atoms with Gasteiger partial charge in [0, 0.05) is 48.3 Å². The third-order valence-electron chi connectivity index (χ3n) is 6.65. The molecule has 2 amide bonds. The molecule has 13 heteroatoms. The number of benzene rings is 2. The van der Waals surface area contributed by atoms with Crippen LogP contribution in [0.3, 0.4) is 0 Å². The molecule has 198 valence electrons. The first-order valence-electron chi connectivity index (χ1n) is 11.3. The summed E-state index contributed by atoms with van der Waals surface area (Å²) in [5.74, 6) is -0.779. The summed E-state index contributed by atoms with van der Waals surface area (Å²) in [6, 6.07) is 10.8. The van der Waals surface area contributed by atoms with Crippen LogP contribution in [0, 0.1) is 0 Å².